The molecule has 1 aromatic rings. The lowest BCUT2D eigenvalue weighted by molar-refractivity contribution is 1.33. The van der Waals surface area contributed by atoms with E-state index in [2.05, 4.69) is 19.1 Å². The fourth-order valence-electron chi connectivity index (χ4n) is 1.07. The highest BCUT2D eigenvalue weighted by Gasteiger charge is 2.33. The van der Waals surface area contributed by atoms with Crippen molar-refractivity contribution in [2.75, 3.05) is 12.4 Å². The minimum atomic E-state index is -3.39. The van der Waals surface area contributed by atoms with Gasteiger partial charge in [-0.05, 0) is 12.1 Å². The number of hydrogen-bond donors (Lipinski definition) is 1. The Labute approximate surface area is 86.9 Å². The molecule has 80 valence electrons. The van der Waals surface area contributed by atoms with E-state index in [4.69, 9.17) is 0 Å². The lowest BCUT2D eigenvalue weighted by atomic mass is 10.3. The van der Waals surface area contributed by atoms with Gasteiger partial charge in [-0.1, -0.05) is 12.1 Å². The molecule has 0 atom stereocenters. The second-order valence-corrected chi connectivity index (χ2v) is 4.41. The Bertz CT molecular complexity index is 376. The van der Waals surface area contributed by atoms with Crippen molar-refractivity contribution in [3.05, 3.63) is 39.0 Å². The van der Waals surface area contributed by atoms with Crippen molar-refractivity contribution in [2.24, 2.45) is 13.7 Å². The first kappa shape index (κ1) is 11.2. The van der Waals surface area contributed by atoms with Crippen LogP contribution in [0.3, 0.4) is 0 Å². The molecular weight excluding hydrogens is 220 g/mol. The number of rotatable bonds is 5. The first-order valence-corrected chi connectivity index (χ1v) is 5.38. The van der Waals surface area contributed by atoms with Crippen LogP contribution in [0.15, 0.2) is 42.9 Å². The maximum Gasteiger partial charge on any atom is 0.199 e. The molecule has 7 nitrogen and oxygen atoms in total. The smallest absolute Gasteiger partial charge is 0.199 e. The van der Waals surface area contributed by atoms with Crippen LogP contribution < -0.4 is 5.32 Å². The monoisotopic (exact) mass is 228 g/mol. The molecule has 0 unspecified atom stereocenters. The van der Waals surface area contributed by atoms with Crippen LogP contribution in [0.2, 0.25) is 0 Å². The van der Waals surface area contributed by atoms with Gasteiger partial charge in [0.05, 0.1) is 10.6 Å². The van der Waals surface area contributed by atoms with E-state index in [1.54, 1.807) is 25.2 Å². The third-order valence-electron chi connectivity index (χ3n) is 1.76. The molecule has 1 rings (SSSR count). The highest BCUT2D eigenvalue weighted by molar-refractivity contribution is 8.30. The summed E-state index contributed by atoms with van der Waals surface area (Å²) in [6, 6.07) is 6.27. The molecule has 0 radical (unpaired) electrons. The molecule has 0 spiro atoms. The molecule has 15 heavy (non-hydrogen) atoms. The van der Waals surface area contributed by atoms with Crippen molar-refractivity contribution < 1.29 is 0 Å². The summed E-state index contributed by atoms with van der Waals surface area (Å²) in [7, 11) is -1.80. The predicted molar refractivity (Wildman–Crippen MR) is 59.2 cm³/mol. The first-order valence-electron chi connectivity index (χ1n) is 3.88. The van der Waals surface area contributed by atoms with Gasteiger partial charge in [-0.15, -0.1) is 14.7 Å². The maximum atomic E-state index is 10.5. The Kier molecular flexibility index (Phi) is 3.45. The molecule has 1 N–H and O–H groups in total. The Morgan fingerprint density at radius 1 is 1.07 bits per heavy atom. The van der Waals surface area contributed by atoms with Crippen molar-refractivity contribution in [1.29, 1.82) is 0 Å². The third kappa shape index (κ3) is 1.84. The van der Waals surface area contributed by atoms with E-state index in [1.807, 2.05) is 0 Å². The zero-order valence-corrected chi connectivity index (χ0v) is 8.60. The third-order valence-corrected chi connectivity index (χ3v) is 3.33. The number of para-hydroxylation sites is 1. The number of benzene rings is 1. The van der Waals surface area contributed by atoms with E-state index in [9.17, 15) is 14.7 Å². The van der Waals surface area contributed by atoms with E-state index >= 15 is 0 Å². The van der Waals surface area contributed by atoms with Crippen LogP contribution in [0.4, 0.5) is 5.69 Å². The van der Waals surface area contributed by atoms with Crippen molar-refractivity contribution in [2.45, 2.75) is 4.90 Å². The van der Waals surface area contributed by atoms with Gasteiger partial charge in [0.15, 0.2) is 10.6 Å². The van der Waals surface area contributed by atoms with E-state index in [1.165, 1.54) is 6.07 Å². The van der Waals surface area contributed by atoms with Crippen LogP contribution >= 0.6 is 10.6 Å². The van der Waals surface area contributed by atoms with Gasteiger partial charge >= 0.3 is 0 Å². The van der Waals surface area contributed by atoms with E-state index in [0.29, 0.717) is 5.69 Å². The molecule has 0 aliphatic rings. The molecule has 0 heterocycles. The Morgan fingerprint density at radius 3 is 2.07 bits per heavy atom. The predicted octanol–water partition coefficient (Wildman–Crippen LogP) is 2.94. The van der Waals surface area contributed by atoms with Crippen LogP contribution in [0.5, 0.6) is 0 Å². The molecule has 1 aromatic carbocycles. The van der Waals surface area contributed by atoms with Crippen LogP contribution in [-0.2, 0) is 0 Å². The fraction of sp³-hybridized carbons (Fsp3) is 0.143. The zero-order valence-electron chi connectivity index (χ0n) is 7.78. The number of nitroso groups, excluding NO2 is 3. The summed E-state index contributed by atoms with van der Waals surface area (Å²) in [4.78, 5) is 31.7. The molecular formula is C7H8N4O3S. The SMILES string of the molecule is CNc1ccccc1S(N=O)(N=O)N=O. The summed E-state index contributed by atoms with van der Waals surface area (Å²) < 4.78 is 7.41. The summed E-state index contributed by atoms with van der Waals surface area (Å²) in [6.45, 7) is 0. The first-order chi connectivity index (χ1) is 7.24. The molecule has 0 bridgehead atoms. The summed E-state index contributed by atoms with van der Waals surface area (Å²) in [5.41, 5.74) is 0.436. The quantitative estimate of drug-likeness (QED) is 0.782. The molecule has 0 fully saturated rings. The minimum absolute atomic E-state index is 0.118. The molecule has 0 aromatic heterocycles. The van der Waals surface area contributed by atoms with Crippen molar-refractivity contribution in [1.82, 2.24) is 0 Å². The summed E-state index contributed by atoms with van der Waals surface area (Å²) in [5.74, 6) is 0. The highest BCUT2D eigenvalue weighted by atomic mass is 32.3. The van der Waals surface area contributed by atoms with E-state index in [0.717, 1.165) is 0 Å². The molecule has 0 saturated carbocycles. The number of anilines is 1. The van der Waals surface area contributed by atoms with Gasteiger partial charge in [-0.25, -0.2) is 0 Å². The lowest BCUT2D eigenvalue weighted by Crippen LogP contribution is -1.96. The zero-order chi connectivity index (χ0) is 11.3. The van der Waals surface area contributed by atoms with Crippen LogP contribution in [0.25, 0.3) is 0 Å². The summed E-state index contributed by atoms with van der Waals surface area (Å²) >= 11 is 0. The van der Waals surface area contributed by atoms with Gasteiger partial charge < -0.3 is 5.32 Å². The molecule has 0 aliphatic carbocycles. The van der Waals surface area contributed by atoms with Crippen LogP contribution in [-0.4, -0.2) is 7.05 Å². The fourth-order valence-corrected chi connectivity index (χ4v) is 2.12. The molecule has 0 amide bonds. The van der Waals surface area contributed by atoms with Crippen molar-refractivity contribution >= 4 is 16.3 Å². The van der Waals surface area contributed by atoms with E-state index < -0.39 is 10.6 Å². The molecule has 8 heteroatoms. The van der Waals surface area contributed by atoms with E-state index in [-0.39, 0.29) is 4.90 Å². The second kappa shape index (κ2) is 4.60. The highest BCUT2D eigenvalue weighted by Crippen LogP contribution is 2.61. The van der Waals surface area contributed by atoms with Gasteiger partial charge in [-0.2, -0.15) is 0 Å². The van der Waals surface area contributed by atoms with Crippen molar-refractivity contribution in [3.63, 3.8) is 0 Å². The summed E-state index contributed by atoms with van der Waals surface area (Å²) in [6.07, 6.45) is 0. The molecule has 0 saturated heterocycles. The molecule has 0 aliphatic heterocycles. The van der Waals surface area contributed by atoms with Gasteiger partial charge in [0.1, 0.15) is 0 Å². The number of hydrogen-bond acceptors (Lipinski definition) is 7. The second-order valence-electron chi connectivity index (χ2n) is 2.49. The largest absolute Gasteiger partial charge is 0.387 e. The van der Waals surface area contributed by atoms with Gasteiger partial charge in [0, 0.05) is 20.8 Å². The van der Waals surface area contributed by atoms with Crippen molar-refractivity contribution in [3.8, 4) is 0 Å². The van der Waals surface area contributed by atoms with Gasteiger partial charge in [0.2, 0.25) is 0 Å². The Balaban J connectivity index is 3.40. The number of nitrogens with zero attached hydrogens (tertiary/aromatic N) is 3. The Morgan fingerprint density at radius 2 is 1.60 bits per heavy atom. The lowest BCUT2D eigenvalue weighted by Gasteiger charge is -2.17. The average molecular weight is 228 g/mol. The normalized spacial score (nSPS) is 11.5. The Hall–Kier alpha value is -1.83. The van der Waals surface area contributed by atoms with Crippen LogP contribution in [0, 0.1) is 14.7 Å². The maximum absolute atomic E-state index is 10.5. The summed E-state index contributed by atoms with van der Waals surface area (Å²) in [5, 5.41) is 2.73. The standard InChI is InChI=1S/C7H8N4O3S/c1-8-6-4-2-3-5-7(6)15(9-12,10-13)11-14/h2-5,8H,1H3. The minimum Gasteiger partial charge on any atom is -0.387 e. The number of nitrogens with one attached hydrogen (secondary N) is 1. The van der Waals surface area contributed by atoms with Gasteiger partial charge in [-0.3, -0.25) is 0 Å². The van der Waals surface area contributed by atoms with Gasteiger partial charge in [0.25, 0.3) is 0 Å². The topological polar surface area (TPSA) is 100 Å². The average Bonchev–Trinajstić information content (AvgIpc) is 2.33. The van der Waals surface area contributed by atoms with Crippen LogP contribution in [0.1, 0.15) is 0 Å².